The monoisotopic (exact) mass is 271 g/mol. The third-order valence-electron chi connectivity index (χ3n) is 4.25. The zero-order chi connectivity index (χ0) is 13.9. The number of nitrogens with zero attached hydrogens (tertiary/aromatic N) is 1. The van der Waals surface area contributed by atoms with Gasteiger partial charge in [0.1, 0.15) is 0 Å². The Balaban J connectivity index is 1.73. The van der Waals surface area contributed by atoms with Crippen LogP contribution in [0.5, 0.6) is 0 Å². The van der Waals surface area contributed by atoms with Crippen LogP contribution in [-0.4, -0.2) is 22.7 Å². The number of benzene rings is 1. The zero-order valence-electron chi connectivity index (χ0n) is 11.5. The molecule has 0 saturated heterocycles. The molecule has 1 aromatic carbocycles. The number of aliphatic hydroxyl groups is 1. The van der Waals surface area contributed by atoms with E-state index < -0.39 is 0 Å². The van der Waals surface area contributed by atoms with E-state index >= 15 is 0 Å². The lowest BCUT2D eigenvalue weighted by Crippen LogP contribution is -2.23. The van der Waals surface area contributed by atoms with E-state index in [2.05, 4.69) is 10.3 Å². The fraction of sp³-hybridized carbons (Fsp3) is 0.438. The van der Waals surface area contributed by atoms with Crippen LogP contribution in [0, 0.1) is 5.92 Å². The highest BCUT2D eigenvalue weighted by atomic mass is 16.3. The summed E-state index contributed by atoms with van der Waals surface area (Å²) in [5.74, 6) is 0.646. The van der Waals surface area contributed by atoms with Crippen molar-refractivity contribution < 1.29 is 5.11 Å². The molecule has 2 aromatic rings. The smallest absolute Gasteiger partial charge is 0.0540 e. The molecule has 0 unspecified atom stereocenters. The van der Waals surface area contributed by atoms with E-state index in [0.717, 1.165) is 54.4 Å². The molecule has 0 bridgehead atoms. The zero-order valence-corrected chi connectivity index (χ0v) is 11.5. The van der Waals surface area contributed by atoms with Crippen LogP contribution in [0.4, 0.5) is 11.4 Å². The van der Waals surface area contributed by atoms with Gasteiger partial charge >= 0.3 is 0 Å². The summed E-state index contributed by atoms with van der Waals surface area (Å²) in [5, 5.41) is 15.2. The molecule has 1 aliphatic carbocycles. The summed E-state index contributed by atoms with van der Waals surface area (Å²) in [6.07, 6.45) is 7.58. The molecule has 4 nitrogen and oxygen atoms in total. The minimum Gasteiger partial charge on any atom is -0.398 e. The molecule has 1 saturated carbocycles. The third-order valence-corrected chi connectivity index (χ3v) is 4.25. The molecule has 0 aliphatic heterocycles. The minimum atomic E-state index is -0.0883. The highest BCUT2D eigenvalue weighted by Gasteiger charge is 2.19. The summed E-state index contributed by atoms with van der Waals surface area (Å²) in [6.45, 7) is 0.952. The molecule has 0 amide bonds. The van der Waals surface area contributed by atoms with Crippen LogP contribution in [-0.2, 0) is 0 Å². The molecule has 0 radical (unpaired) electrons. The van der Waals surface area contributed by atoms with Gasteiger partial charge in [0.15, 0.2) is 0 Å². The molecule has 1 aromatic heterocycles. The predicted molar refractivity (Wildman–Crippen MR) is 82.6 cm³/mol. The number of anilines is 2. The number of nitrogens with one attached hydrogen (secondary N) is 1. The maximum atomic E-state index is 9.54. The van der Waals surface area contributed by atoms with Gasteiger partial charge in [0.2, 0.25) is 0 Å². The Bertz CT molecular complexity index is 591. The molecule has 1 aliphatic rings. The summed E-state index contributed by atoms with van der Waals surface area (Å²) >= 11 is 0. The van der Waals surface area contributed by atoms with Crippen molar-refractivity contribution in [3.8, 4) is 0 Å². The average Bonchev–Trinajstić information content (AvgIpc) is 2.49. The standard InChI is InChI=1S/C16H21N3O/c17-15-5-6-16(13-7-8-18-10-14(13)15)19-9-11-1-3-12(20)4-2-11/h5-8,10-12,19-20H,1-4,9,17H2. The Kier molecular flexibility index (Phi) is 3.74. The Hall–Kier alpha value is -1.81. The van der Waals surface area contributed by atoms with Crippen molar-refractivity contribution in [3.63, 3.8) is 0 Å². The number of hydrogen-bond donors (Lipinski definition) is 3. The van der Waals surface area contributed by atoms with Crippen molar-refractivity contribution in [2.24, 2.45) is 5.92 Å². The maximum Gasteiger partial charge on any atom is 0.0540 e. The van der Waals surface area contributed by atoms with E-state index in [1.165, 1.54) is 0 Å². The summed E-state index contributed by atoms with van der Waals surface area (Å²) in [5.41, 5.74) is 7.86. The number of hydrogen-bond acceptors (Lipinski definition) is 4. The van der Waals surface area contributed by atoms with Gasteiger partial charge in [-0.3, -0.25) is 4.98 Å². The molecule has 1 fully saturated rings. The number of pyridine rings is 1. The fourth-order valence-corrected chi connectivity index (χ4v) is 2.97. The summed E-state index contributed by atoms with van der Waals surface area (Å²) in [4.78, 5) is 4.14. The van der Waals surface area contributed by atoms with Crippen molar-refractivity contribution in [1.29, 1.82) is 0 Å². The van der Waals surface area contributed by atoms with Gasteiger partial charge in [0, 0.05) is 41.1 Å². The Labute approximate surface area is 119 Å². The van der Waals surface area contributed by atoms with Crippen LogP contribution in [0.15, 0.2) is 30.6 Å². The van der Waals surface area contributed by atoms with Crippen molar-refractivity contribution in [1.82, 2.24) is 4.98 Å². The van der Waals surface area contributed by atoms with E-state index in [9.17, 15) is 5.11 Å². The van der Waals surface area contributed by atoms with Crippen molar-refractivity contribution >= 4 is 22.1 Å². The lowest BCUT2D eigenvalue weighted by molar-refractivity contribution is 0.111. The van der Waals surface area contributed by atoms with Crippen molar-refractivity contribution in [3.05, 3.63) is 30.6 Å². The van der Waals surface area contributed by atoms with E-state index in [-0.39, 0.29) is 6.10 Å². The van der Waals surface area contributed by atoms with Gasteiger partial charge in [-0.15, -0.1) is 0 Å². The van der Waals surface area contributed by atoms with Crippen LogP contribution in [0.3, 0.4) is 0 Å². The third kappa shape index (κ3) is 2.70. The largest absolute Gasteiger partial charge is 0.398 e. The first-order valence-electron chi connectivity index (χ1n) is 7.28. The van der Waals surface area contributed by atoms with Crippen LogP contribution in [0.25, 0.3) is 10.8 Å². The lowest BCUT2D eigenvalue weighted by Gasteiger charge is -2.26. The van der Waals surface area contributed by atoms with E-state index in [4.69, 9.17) is 5.73 Å². The number of nitrogens with two attached hydrogens (primary N) is 1. The molecule has 20 heavy (non-hydrogen) atoms. The van der Waals surface area contributed by atoms with Crippen LogP contribution < -0.4 is 11.1 Å². The topological polar surface area (TPSA) is 71.2 Å². The van der Waals surface area contributed by atoms with Gasteiger partial charge in [-0.25, -0.2) is 0 Å². The molecule has 3 rings (SSSR count). The summed E-state index contributed by atoms with van der Waals surface area (Å²) in [6, 6.07) is 5.96. The molecule has 4 N–H and O–H groups in total. The second-order valence-corrected chi connectivity index (χ2v) is 5.68. The average molecular weight is 271 g/mol. The fourth-order valence-electron chi connectivity index (χ4n) is 2.97. The molecule has 106 valence electrons. The number of fused-ring (bicyclic) bond motifs is 1. The van der Waals surface area contributed by atoms with E-state index in [1.54, 1.807) is 6.20 Å². The first-order valence-corrected chi connectivity index (χ1v) is 7.28. The predicted octanol–water partition coefficient (Wildman–Crippen LogP) is 2.78. The number of rotatable bonds is 3. The quantitative estimate of drug-likeness (QED) is 0.751. The van der Waals surface area contributed by atoms with Gasteiger partial charge in [-0.05, 0) is 49.8 Å². The normalized spacial score (nSPS) is 22.9. The minimum absolute atomic E-state index is 0.0883. The molecule has 0 spiro atoms. The van der Waals surface area contributed by atoms with Gasteiger partial charge in [0.05, 0.1) is 6.10 Å². The highest BCUT2D eigenvalue weighted by molar-refractivity contribution is 6.00. The van der Waals surface area contributed by atoms with Crippen molar-refractivity contribution in [2.45, 2.75) is 31.8 Å². The first kappa shape index (κ1) is 13.2. The summed E-state index contributed by atoms with van der Waals surface area (Å²) in [7, 11) is 0. The highest BCUT2D eigenvalue weighted by Crippen LogP contribution is 2.29. The molecular weight excluding hydrogens is 250 g/mol. The number of nitrogen functional groups attached to an aromatic ring is 1. The lowest BCUT2D eigenvalue weighted by atomic mass is 9.87. The SMILES string of the molecule is Nc1ccc(NCC2CCC(O)CC2)c2ccncc12. The van der Waals surface area contributed by atoms with E-state index in [0.29, 0.717) is 5.92 Å². The molecular formula is C16H21N3O. The van der Waals surface area contributed by atoms with Crippen molar-refractivity contribution in [2.75, 3.05) is 17.6 Å². The second-order valence-electron chi connectivity index (χ2n) is 5.68. The van der Waals surface area contributed by atoms with Crippen LogP contribution in [0.2, 0.25) is 0 Å². The van der Waals surface area contributed by atoms with Gasteiger partial charge in [-0.1, -0.05) is 0 Å². The van der Waals surface area contributed by atoms with E-state index in [1.807, 2.05) is 24.4 Å². The second kappa shape index (κ2) is 5.67. The number of aromatic nitrogens is 1. The maximum absolute atomic E-state index is 9.54. The van der Waals surface area contributed by atoms with Gasteiger partial charge in [-0.2, -0.15) is 0 Å². The Morgan fingerprint density at radius 1 is 1.15 bits per heavy atom. The number of aliphatic hydroxyl groups excluding tert-OH is 1. The molecule has 4 heteroatoms. The van der Waals surface area contributed by atoms with Crippen LogP contribution in [0.1, 0.15) is 25.7 Å². The van der Waals surface area contributed by atoms with Gasteiger partial charge in [0.25, 0.3) is 0 Å². The molecule has 0 atom stereocenters. The molecule has 1 heterocycles. The summed E-state index contributed by atoms with van der Waals surface area (Å²) < 4.78 is 0. The van der Waals surface area contributed by atoms with Crippen LogP contribution >= 0.6 is 0 Å². The Morgan fingerprint density at radius 2 is 1.95 bits per heavy atom. The first-order chi connectivity index (χ1) is 9.74. The Morgan fingerprint density at radius 3 is 2.75 bits per heavy atom. The van der Waals surface area contributed by atoms with Gasteiger partial charge < -0.3 is 16.2 Å².